The fourth-order valence-electron chi connectivity index (χ4n) is 1.47. The number of carbonyl (C=O) groups excluding carboxylic acids is 1. The van der Waals surface area contributed by atoms with Crippen molar-refractivity contribution in [3.63, 3.8) is 0 Å². The molecule has 84 valence electrons. The number of aliphatic hydroxyl groups is 1. The van der Waals surface area contributed by atoms with Crippen LogP contribution in [-0.2, 0) is 4.79 Å². The molecule has 0 saturated heterocycles. The maximum absolute atomic E-state index is 11.4. The Hall–Kier alpha value is -1.81. The molecule has 0 saturated carbocycles. The van der Waals surface area contributed by atoms with Gasteiger partial charge in [-0.1, -0.05) is 19.1 Å². The van der Waals surface area contributed by atoms with Crippen molar-refractivity contribution in [3.8, 4) is 5.75 Å². The number of ether oxygens (including phenoxy) is 1. The van der Waals surface area contributed by atoms with E-state index in [0.717, 1.165) is 10.9 Å². The van der Waals surface area contributed by atoms with Crippen LogP contribution in [0.25, 0.3) is 10.9 Å². The maximum atomic E-state index is 11.4. The highest BCUT2D eigenvalue weighted by molar-refractivity contribution is 5.89. The van der Waals surface area contributed by atoms with Crippen LogP contribution in [0.1, 0.15) is 13.3 Å². The van der Waals surface area contributed by atoms with Crippen molar-refractivity contribution in [3.05, 3.63) is 30.5 Å². The molecule has 0 aliphatic rings. The van der Waals surface area contributed by atoms with Crippen LogP contribution in [-0.4, -0.2) is 22.2 Å². The number of aliphatic hydroxyl groups excluding tert-OH is 1. The third-order valence-corrected chi connectivity index (χ3v) is 2.42. The van der Waals surface area contributed by atoms with Gasteiger partial charge in [-0.2, -0.15) is 0 Å². The van der Waals surface area contributed by atoms with Crippen LogP contribution in [0, 0.1) is 0 Å². The fourth-order valence-corrected chi connectivity index (χ4v) is 1.47. The minimum atomic E-state index is -1.06. The first-order valence-corrected chi connectivity index (χ1v) is 5.18. The molecule has 2 aromatic rings. The first kappa shape index (κ1) is 10.7. The number of nitrogens with one attached hydrogen (secondary N) is 1. The molecule has 1 aromatic heterocycles. The molecule has 0 radical (unpaired) electrons. The topological polar surface area (TPSA) is 62.3 Å². The lowest BCUT2D eigenvalue weighted by molar-refractivity contribution is -0.143. The summed E-state index contributed by atoms with van der Waals surface area (Å²) in [5, 5.41) is 10.1. The number of benzene rings is 1. The van der Waals surface area contributed by atoms with Crippen LogP contribution >= 0.6 is 0 Å². The Morgan fingerprint density at radius 1 is 1.50 bits per heavy atom. The normalized spacial score (nSPS) is 12.6. The highest BCUT2D eigenvalue weighted by Crippen LogP contribution is 2.25. The van der Waals surface area contributed by atoms with Crippen molar-refractivity contribution in [2.24, 2.45) is 0 Å². The van der Waals surface area contributed by atoms with E-state index in [0.29, 0.717) is 12.2 Å². The van der Waals surface area contributed by atoms with Gasteiger partial charge in [0.25, 0.3) is 0 Å². The van der Waals surface area contributed by atoms with Gasteiger partial charge in [0.15, 0.2) is 11.9 Å². The van der Waals surface area contributed by atoms with Gasteiger partial charge in [0.2, 0.25) is 0 Å². The second-order valence-corrected chi connectivity index (χ2v) is 3.54. The van der Waals surface area contributed by atoms with E-state index in [1.807, 2.05) is 24.3 Å². The highest BCUT2D eigenvalue weighted by atomic mass is 16.5. The van der Waals surface area contributed by atoms with Crippen molar-refractivity contribution < 1.29 is 14.6 Å². The summed E-state index contributed by atoms with van der Waals surface area (Å²) in [5.74, 6) is -0.166. The quantitative estimate of drug-likeness (QED) is 0.774. The van der Waals surface area contributed by atoms with Crippen molar-refractivity contribution in [2.75, 3.05) is 0 Å². The van der Waals surface area contributed by atoms with Gasteiger partial charge in [-0.25, -0.2) is 4.79 Å². The summed E-state index contributed by atoms with van der Waals surface area (Å²) in [6.45, 7) is 1.72. The predicted octanol–water partition coefficient (Wildman–Crippen LogP) is 1.84. The lowest BCUT2D eigenvalue weighted by Gasteiger charge is -2.06. The number of hydrogen-bond acceptors (Lipinski definition) is 3. The van der Waals surface area contributed by atoms with Gasteiger partial charge >= 0.3 is 5.97 Å². The van der Waals surface area contributed by atoms with Crippen LogP contribution in [0.3, 0.4) is 0 Å². The standard InChI is InChI=1S/C12H13NO3/c1-2-10(14)12(15)16-11-7-13-9-6-4-3-5-8(9)11/h3-7,10,13-14H,2H2,1H3/t10-/m1/s1. The first-order valence-electron chi connectivity index (χ1n) is 5.18. The monoisotopic (exact) mass is 219 g/mol. The maximum Gasteiger partial charge on any atom is 0.340 e. The number of fused-ring (bicyclic) bond motifs is 1. The molecule has 0 amide bonds. The molecule has 1 heterocycles. The minimum absolute atomic E-state index is 0.348. The summed E-state index contributed by atoms with van der Waals surface area (Å²) in [5.41, 5.74) is 0.899. The molecule has 2 N–H and O–H groups in total. The van der Waals surface area contributed by atoms with Crippen LogP contribution in [0.2, 0.25) is 0 Å². The summed E-state index contributed by atoms with van der Waals surface area (Å²) >= 11 is 0. The molecular weight excluding hydrogens is 206 g/mol. The highest BCUT2D eigenvalue weighted by Gasteiger charge is 2.16. The van der Waals surface area contributed by atoms with E-state index in [9.17, 15) is 9.90 Å². The zero-order chi connectivity index (χ0) is 11.5. The Kier molecular flexibility index (Phi) is 2.92. The van der Waals surface area contributed by atoms with Gasteiger partial charge < -0.3 is 14.8 Å². The third kappa shape index (κ3) is 1.92. The van der Waals surface area contributed by atoms with E-state index in [1.54, 1.807) is 13.1 Å². The third-order valence-electron chi connectivity index (χ3n) is 2.42. The number of aromatic nitrogens is 1. The summed E-state index contributed by atoms with van der Waals surface area (Å²) < 4.78 is 5.10. The second kappa shape index (κ2) is 4.37. The lowest BCUT2D eigenvalue weighted by Crippen LogP contribution is -2.24. The molecular formula is C12H13NO3. The first-order chi connectivity index (χ1) is 7.72. The van der Waals surface area contributed by atoms with Crippen LogP contribution in [0.15, 0.2) is 30.5 Å². The molecule has 0 fully saturated rings. The average molecular weight is 219 g/mol. The predicted molar refractivity (Wildman–Crippen MR) is 60.2 cm³/mol. The number of esters is 1. The Bertz CT molecular complexity index is 504. The number of hydrogen-bond donors (Lipinski definition) is 2. The van der Waals surface area contributed by atoms with Crippen molar-refractivity contribution in [2.45, 2.75) is 19.4 Å². The number of rotatable bonds is 3. The molecule has 1 atom stereocenters. The average Bonchev–Trinajstić information content (AvgIpc) is 2.72. The molecule has 0 bridgehead atoms. The summed E-state index contributed by atoms with van der Waals surface area (Å²) in [7, 11) is 0. The van der Waals surface area contributed by atoms with Gasteiger partial charge in [0.1, 0.15) is 0 Å². The van der Waals surface area contributed by atoms with Crippen LogP contribution < -0.4 is 4.74 Å². The number of H-pyrrole nitrogens is 1. The molecule has 0 spiro atoms. The zero-order valence-electron chi connectivity index (χ0n) is 8.93. The number of carbonyl (C=O) groups is 1. The molecule has 2 rings (SSSR count). The SMILES string of the molecule is CC[C@@H](O)C(=O)Oc1c[nH]c2ccccc12. The molecule has 1 aromatic carbocycles. The van der Waals surface area contributed by atoms with Crippen LogP contribution in [0.4, 0.5) is 0 Å². The number of para-hydroxylation sites is 1. The second-order valence-electron chi connectivity index (χ2n) is 3.54. The van der Waals surface area contributed by atoms with E-state index in [-0.39, 0.29) is 0 Å². The Morgan fingerprint density at radius 3 is 3.00 bits per heavy atom. The molecule has 16 heavy (non-hydrogen) atoms. The van der Waals surface area contributed by atoms with Crippen molar-refractivity contribution in [1.82, 2.24) is 4.98 Å². The molecule has 0 aliphatic heterocycles. The summed E-state index contributed by atoms with van der Waals surface area (Å²) in [4.78, 5) is 14.4. The minimum Gasteiger partial charge on any atom is -0.422 e. The van der Waals surface area contributed by atoms with Gasteiger partial charge in [-0.15, -0.1) is 0 Å². The Labute approximate surface area is 92.9 Å². The largest absolute Gasteiger partial charge is 0.422 e. The van der Waals surface area contributed by atoms with E-state index in [4.69, 9.17) is 4.74 Å². The van der Waals surface area contributed by atoms with E-state index in [2.05, 4.69) is 4.98 Å². The molecule has 4 nitrogen and oxygen atoms in total. The van der Waals surface area contributed by atoms with E-state index < -0.39 is 12.1 Å². The lowest BCUT2D eigenvalue weighted by atomic mass is 10.2. The Balaban J connectivity index is 2.25. The number of aromatic amines is 1. The summed E-state index contributed by atoms with van der Waals surface area (Å²) in [6, 6.07) is 7.50. The Morgan fingerprint density at radius 2 is 2.25 bits per heavy atom. The molecule has 0 unspecified atom stereocenters. The van der Waals surface area contributed by atoms with Crippen molar-refractivity contribution >= 4 is 16.9 Å². The fraction of sp³-hybridized carbons (Fsp3) is 0.250. The van der Waals surface area contributed by atoms with Gasteiger partial charge in [-0.05, 0) is 18.6 Å². The van der Waals surface area contributed by atoms with Gasteiger partial charge in [0.05, 0.1) is 0 Å². The van der Waals surface area contributed by atoms with E-state index in [1.165, 1.54) is 0 Å². The van der Waals surface area contributed by atoms with E-state index >= 15 is 0 Å². The molecule has 0 aliphatic carbocycles. The zero-order valence-corrected chi connectivity index (χ0v) is 8.93. The van der Waals surface area contributed by atoms with Crippen LogP contribution in [0.5, 0.6) is 5.75 Å². The molecule has 4 heteroatoms. The smallest absolute Gasteiger partial charge is 0.340 e. The summed E-state index contributed by atoms with van der Waals surface area (Å²) in [6.07, 6.45) is 0.903. The van der Waals surface area contributed by atoms with Gasteiger partial charge in [0, 0.05) is 17.1 Å². The van der Waals surface area contributed by atoms with Gasteiger partial charge in [-0.3, -0.25) is 0 Å². The van der Waals surface area contributed by atoms with Crippen molar-refractivity contribution in [1.29, 1.82) is 0 Å².